The Hall–Kier alpha value is -2.74. The first-order chi connectivity index (χ1) is 13.1. The Labute approximate surface area is 159 Å². The van der Waals surface area contributed by atoms with Crippen LogP contribution in [0.3, 0.4) is 0 Å². The van der Waals surface area contributed by atoms with Crippen molar-refractivity contribution in [3.8, 4) is 0 Å². The van der Waals surface area contributed by atoms with Crippen molar-refractivity contribution in [3.05, 3.63) is 42.2 Å². The number of pyridine rings is 1. The highest BCUT2D eigenvalue weighted by Crippen LogP contribution is 2.21. The van der Waals surface area contributed by atoms with Gasteiger partial charge < -0.3 is 14.7 Å². The highest BCUT2D eigenvalue weighted by atomic mass is 16.2. The molecule has 0 unspecified atom stereocenters. The number of piperazine rings is 1. The monoisotopic (exact) mass is 367 g/mol. The first-order valence-corrected chi connectivity index (χ1v) is 9.32. The van der Waals surface area contributed by atoms with Crippen molar-refractivity contribution in [1.82, 2.24) is 25.0 Å². The number of amides is 1. The molecule has 142 valence electrons. The highest BCUT2D eigenvalue weighted by Gasteiger charge is 2.37. The average Bonchev–Trinajstić information content (AvgIpc) is 2.68. The number of aromatic nitrogens is 3. The van der Waals surface area contributed by atoms with Crippen LogP contribution in [0.4, 0.5) is 11.6 Å². The van der Waals surface area contributed by atoms with Crippen LogP contribution in [0.5, 0.6) is 0 Å². The van der Waals surface area contributed by atoms with Gasteiger partial charge in [0.2, 0.25) is 0 Å². The van der Waals surface area contributed by atoms with E-state index in [1.165, 1.54) is 0 Å². The van der Waals surface area contributed by atoms with Gasteiger partial charge in [-0.15, -0.1) is 10.2 Å². The molecule has 0 N–H and O–H groups in total. The summed E-state index contributed by atoms with van der Waals surface area (Å²) < 4.78 is 0. The zero-order valence-corrected chi connectivity index (χ0v) is 15.8. The molecule has 4 heterocycles. The quantitative estimate of drug-likeness (QED) is 0.783. The third-order valence-electron chi connectivity index (χ3n) is 5.28. The highest BCUT2D eigenvalue weighted by molar-refractivity contribution is 5.92. The van der Waals surface area contributed by atoms with Crippen LogP contribution >= 0.6 is 0 Å². The second kappa shape index (κ2) is 7.48. The van der Waals surface area contributed by atoms with Crippen molar-refractivity contribution < 1.29 is 4.79 Å². The van der Waals surface area contributed by atoms with Gasteiger partial charge in [0.15, 0.2) is 11.5 Å². The molecular weight excluding hydrogens is 342 g/mol. The Morgan fingerprint density at radius 2 is 1.81 bits per heavy atom. The molecule has 0 atom stereocenters. The van der Waals surface area contributed by atoms with Crippen LogP contribution in [0.25, 0.3) is 0 Å². The molecule has 0 aromatic carbocycles. The Morgan fingerprint density at radius 1 is 1.04 bits per heavy atom. The minimum atomic E-state index is -0.0313. The minimum absolute atomic E-state index is 0.0313. The van der Waals surface area contributed by atoms with E-state index in [0.717, 1.165) is 50.9 Å². The van der Waals surface area contributed by atoms with Crippen LogP contribution < -0.4 is 9.80 Å². The number of rotatable bonds is 4. The van der Waals surface area contributed by atoms with E-state index >= 15 is 0 Å². The van der Waals surface area contributed by atoms with Crippen LogP contribution in [0.1, 0.15) is 10.5 Å². The summed E-state index contributed by atoms with van der Waals surface area (Å²) in [6.45, 7) is 5.47. The number of hydrogen-bond donors (Lipinski definition) is 0. The smallest absolute Gasteiger partial charge is 0.274 e. The van der Waals surface area contributed by atoms with Crippen molar-refractivity contribution in [3.63, 3.8) is 0 Å². The molecule has 2 aliphatic rings. The van der Waals surface area contributed by atoms with Gasteiger partial charge in [0.05, 0.1) is 0 Å². The maximum Gasteiger partial charge on any atom is 0.274 e. The maximum atomic E-state index is 12.5. The molecular formula is C19H25N7O. The van der Waals surface area contributed by atoms with Gasteiger partial charge in [0.1, 0.15) is 5.82 Å². The second-order valence-electron chi connectivity index (χ2n) is 7.25. The summed E-state index contributed by atoms with van der Waals surface area (Å²) in [5.41, 5.74) is 0.416. The number of nitrogens with zero attached hydrogens (tertiary/aromatic N) is 7. The molecule has 8 nitrogen and oxygen atoms in total. The van der Waals surface area contributed by atoms with Gasteiger partial charge in [-0.25, -0.2) is 4.98 Å². The van der Waals surface area contributed by atoms with E-state index in [9.17, 15) is 4.79 Å². The molecule has 27 heavy (non-hydrogen) atoms. The summed E-state index contributed by atoms with van der Waals surface area (Å²) in [5, 5.41) is 8.17. The third-order valence-corrected chi connectivity index (χ3v) is 5.28. The Kier molecular flexibility index (Phi) is 4.89. The van der Waals surface area contributed by atoms with Crippen LogP contribution in [0, 0.1) is 0 Å². The average molecular weight is 367 g/mol. The Morgan fingerprint density at radius 3 is 2.41 bits per heavy atom. The summed E-state index contributed by atoms with van der Waals surface area (Å²) in [6, 6.07) is 10.0. The number of likely N-dealkylation sites (tertiary alicyclic amines) is 1. The molecule has 1 amide bonds. The van der Waals surface area contributed by atoms with Gasteiger partial charge in [-0.05, 0) is 24.3 Å². The summed E-state index contributed by atoms with van der Waals surface area (Å²) in [5.74, 6) is 1.76. The van der Waals surface area contributed by atoms with Crippen LogP contribution in [0.15, 0.2) is 36.5 Å². The molecule has 0 aliphatic carbocycles. The molecule has 0 radical (unpaired) electrons. The van der Waals surface area contributed by atoms with Gasteiger partial charge in [-0.3, -0.25) is 9.69 Å². The lowest BCUT2D eigenvalue weighted by Crippen LogP contribution is -2.64. The SMILES string of the molecule is CN(C)c1ccc(C(=O)N2CC(N3CCN(c4ccccn4)CC3)C2)nn1. The lowest BCUT2D eigenvalue weighted by Gasteiger charge is -2.48. The number of hydrogen-bond acceptors (Lipinski definition) is 7. The number of carbonyl (C=O) groups is 1. The normalized spacial score (nSPS) is 18.3. The standard InChI is InChI=1S/C19H25N7O/c1-23(2)18-7-6-16(21-22-18)19(27)26-13-15(14-26)24-9-11-25(12-10-24)17-5-3-4-8-20-17/h3-8,15H,9-14H2,1-2H3. The predicted octanol–water partition coefficient (Wildman–Crippen LogP) is 0.584. The van der Waals surface area contributed by atoms with E-state index in [4.69, 9.17) is 0 Å². The van der Waals surface area contributed by atoms with Crippen LogP contribution in [0.2, 0.25) is 0 Å². The Bertz CT molecular complexity index is 766. The van der Waals surface area contributed by atoms with Crippen molar-refractivity contribution in [1.29, 1.82) is 0 Å². The van der Waals surface area contributed by atoms with Crippen molar-refractivity contribution in [2.45, 2.75) is 6.04 Å². The minimum Gasteiger partial charge on any atom is -0.361 e. The lowest BCUT2D eigenvalue weighted by molar-refractivity contribution is 0.0241. The van der Waals surface area contributed by atoms with Crippen LogP contribution in [-0.4, -0.2) is 90.3 Å². The molecule has 2 aromatic heterocycles. The fourth-order valence-corrected chi connectivity index (χ4v) is 3.55. The number of anilines is 2. The van der Waals surface area contributed by atoms with E-state index < -0.39 is 0 Å². The predicted molar refractivity (Wildman–Crippen MR) is 104 cm³/mol. The van der Waals surface area contributed by atoms with Crippen LogP contribution in [-0.2, 0) is 0 Å². The molecule has 0 bridgehead atoms. The first-order valence-electron chi connectivity index (χ1n) is 9.32. The van der Waals surface area contributed by atoms with E-state index in [2.05, 4.69) is 31.0 Å². The zero-order valence-electron chi connectivity index (χ0n) is 15.8. The molecule has 4 rings (SSSR count). The fourth-order valence-electron chi connectivity index (χ4n) is 3.55. The van der Waals surface area contributed by atoms with Crippen molar-refractivity contribution in [2.24, 2.45) is 0 Å². The summed E-state index contributed by atoms with van der Waals surface area (Å²) >= 11 is 0. The fraction of sp³-hybridized carbons (Fsp3) is 0.474. The van der Waals surface area contributed by atoms with E-state index in [1.54, 1.807) is 6.07 Å². The molecule has 2 saturated heterocycles. The molecule has 0 saturated carbocycles. The molecule has 8 heteroatoms. The third kappa shape index (κ3) is 3.71. The van der Waals surface area contributed by atoms with Gasteiger partial charge in [-0.1, -0.05) is 6.07 Å². The first kappa shape index (κ1) is 17.7. The second-order valence-corrected chi connectivity index (χ2v) is 7.25. The summed E-state index contributed by atoms with van der Waals surface area (Å²) in [4.78, 5) is 25.5. The molecule has 2 aliphatic heterocycles. The lowest BCUT2D eigenvalue weighted by atomic mass is 10.1. The Balaban J connectivity index is 1.27. The van der Waals surface area contributed by atoms with Crippen molar-refractivity contribution >= 4 is 17.5 Å². The van der Waals surface area contributed by atoms with E-state index in [1.807, 2.05) is 48.3 Å². The topological polar surface area (TPSA) is 68.7 Å². The van der Waals surface area contributed by atoms with Gasteiger partial charge in [-0.2, -0.15) is 0 Å². The van der Waals surface area contributed by atoms with Gasteiger partial charge in [0.25, 0.3) is 5.91 Å². The van der Waals surface area contributed by atoms with Gasteiger partial charge >= 0.3 is 0 Å². The van der Waals surface area contributed by atoms with E-state index in [-0.39, 0.29) is 5.91 Å². The van der Waals surface area contributed by atoms with Gasteiger partial charge in [0, 0.05) is 65.6 Å². The molecule has 2 fully saturated rings. The number of carbonyl (C=O) groups excluding carboxylic acids is 1. The van der Waals surface area contributed by atoms with E-state index in [0.29, 0.717) is 11.7 Å². The zero-order chi connectivity index (χ0) is 18.8. The molecule has 0 spiro atoms. The summed E-state index contributed by atoms with van der Waals surface area (Å²) in [7, 11) is 3.80. The van der Waals surface area contributed by atoms with Crippen molar-refractivity contribution in [2.75, 3.05) is 63.2 Å². The maximum absolute atomic E-state index is 12.5. The largest absolute Gasteiger partial charge is 0.361 e. The summed E-state index contributed by atoms with van der Waals surface area (Å²) in [6.07, 6.45) is 1.84. The molecule has 2 aromatic rings.